The van der Waals surface area contributed by atoms with Crippen LogP contribution in [0, 0.1) is 5.82 Å². The largest absolute Gasteiger partial charge is 0.379 e. The second kappa shape index (κ2) is 9.98. The van der Waals surface area contributed by atoms with E-state index in [2.05, 4.69) is 22.3 Å². The van der Waals surface area contributed by atoms with E-state index in [1.807, 2.05) is 35.7 Å². The molecule has 154 valence electrons. The minimum atomic E-state index is -0.253. The lowest BCUT2D eigenvalue weighted by atomic mass is 10.0. The number of hydrogen-bond acceptors (Lipinski definition) is 5. The molecule has 29 heavy (non-hydrogen) atoms. The number of thioether (sulfide) groups is 2. The Hall–Kier alpha value is -1.54. The van der Waals surface area contributed by atoms with Crippen LogP contribution in [0.5, 0.6) is 0 Å². The van der Waals surface area contributed by atoms with E-state index in [1.165, 1.54) is 29.2 Å². The molecule has 0 aromatic heterocycles. The number of nitrogens with one attached hydrogen (secondary N) is 1. The molecular weight excluding hydrogens is 407 g/mol. The van der Waals surface area contributed by atoms with Crippen LogP contribution in [0.15, 0.2) is 48.5 Å². The van der Waals surface area contributed by atoms with Gasteiger partial charge >= 0.3 is 0 Å². The zero-order valence-corrected chi connectivity index (χ0v) is 17.8. The van der Waals surface area contributed by atoms with Crippen LogP contribution in [0.3, 0.4) is 0 Å². The number of hydrogen-bond donors (Lipinski definition) is 1. The molecule has 1 amide bonds. The van der Waals surface area contributed by atoms with Crippen LogP contribution in [0.4, 0.5) is 4.39 Å². The summed E-state index contributed by atoms with van der Waals surface area (Å²) in [5, 5.41) is 3.07. The van der Waals surface area contributed by atoms with Crippen molar-refractivity contribution < 1.29 is 13.9 Å². The predicted molar refractivity (Wildman–Crippen MR) is 118 cm³/mol. The van der Waals surface area contributed by atoms with Gasteiger partial charge in [0.25, 0.3) is 5.91 Å². The van der Waals surface area contributed by atoms with Gasteiger partial charge in [0.15, 0.2) is 0 Å². The standard InChI is InChI=1S/C22H25FN2O2S2/c23-19-7-5-16(6-8-19)20(25-9-11-27-12-10-25)15-24-21(26)17-1-3-18(4-2-17)22-28-13-14-29-22/h1-8,20,22H,9-15H2,(H,24,26). The fraction of sp³-hybridized carbons (Fsp3) is 0.409. The summed E-state index contributed by atoms with van der Waals surface area (Å²) in [6.07, 6.45) is 0. The van der Waals surface area contributed by atoms with Crippen molar-refractivity contribution in [2.45, 2.75) is 10.6 Å². The molecule has 2 aromatic rings. The average Bonchev–Trinajstić information content (AvgIpc) is 3.31. The molecule has 0 saturated carbocycles. The number of nitrogens with zero attached hydrogens (tertiary/aromatic N) is 1. The van der Waals surface area contributed by atoms with Crippen molar-refractivity contribution in [1.29, 1.82) is 0 Å². The van der Waals surface area contributed by atoms with Crippen LogP contribution in [0.1, 0.15) is 32.1 Å². The van der Waals surface area contributed by atoms with Crippen LogP contribution >= 0.6 is 23.5 Å². The quantitative estimate of drug-likeness (QED) is 0.744. The number of ether oxygens (including phenoxy) is 1. The summed E-state index contributed by atoms with van der Waals surface area (Å²) in [6.45, 7) is 3.40. The molecule has 0 spiro atoms. The van der Waals surface area contributed by atoms with Gasteiger partial charge in [-0.15, -0.1) is 23.5 Å². The van der Waals surface area contributed by atoms with E-state index in [9.17, 15) is 9.18 Å². The number of rotatable bonds is 6. The minimum absolute atomic E-state index is 0.00554. The molecule has 0 bridgehead atoms. The third-order valence-electron chi connectivity index (χ3n) is 5.26. The van der Waals surface area contributed by atoms with E-state index >= 15 is 0 Å². The van der Waals surface area contributed by atoms with Crippen molar-refractivity contribution >= 4 is 29.4 Å². The molecular formula is C22H25FN2O2S2. The van der Waals surface area contributed by atoms with E-state index in [-0.39, 0.29) is 17.8 Å². The summed E-state index contributed by atoms with van der Waals surface area (Å²) in [5.41, 5.74) is 2.94. The molecule has 1 unspecified atom stereocenters. The maximum atomic E-state index is 13.4. The summed E-state index contributed by atoms with van der Waals surface area (Å²) in [7, 11) is 0. The SMILES string of the molecule is O=C(NCC(c1ccc(F)cc1)N1CCOCC1)c1ccc(C2SCCS2)cc1. The highest BCUT2D eigenvalue weighted by molar-refractivity contribution is 8.19. The first-order valence-corrected chi connectivity index (χ1v) is 12.0. The number of halogens is 1. The Morgan fingerprint density at radius 3 is 2.38 bits per heavy atom. The lowest BCUT2D eigenvalue weighted by molar-refractivity contribution is 0.0162. The maximum Gasteiger partial charge on any atom is 0.251 e. The Kier molecular flexibility index (Phi) is 7.13. The lowest BCUT2D eigenvalue weighted by Gasteiger charge is -2.35. The number of amides is 1. The molecule has 2 heterocycles. The number of morpholine rings is 1. The van der Waals surface area contributed by atoms with Crippen molar-refractivity contribution in [2.24, 2.45) is 0 Å². The number of benzene rings is 2. The van der Waals surface area contributed by atoms with Gasteiger partial charge in [0.2, 0.25) is 0 Å². The van der Waals surface area contributed by atoms with Crippen LogP contribution in [-0.4, -0.2) is 55.2 Å². The Morgan fingerprint density at radius 2 is 1.72 bits per heavy atom. The van der Waals surface area contributed by atoms with Crippen LogP contribution < -0.4 is 5.32 Å². The van der Waals surface area contributed by atoms with E-state index < -0.39 is 0 Å². The van der Waals surface area contributed by atoms with Gasteiger partial charge < -0.3 is 10.1 Å². The Morgan fingerprint density at radius 1 is 1.07 bits per heavy atom. The first-order valence-electron chi connectivity index (χ1n) is 9.89. The molecule has 2 aliphatic heterocycles. The monoisotopic (exact) mass is 432 g/mol. The maximum absolute atomic E-state index is 13.4. The highest BCUT2D eigenvalue weighted by Gasteiger charge is 2.24. The predicted octanol–water partition coefficient (Wildman–Crippen LogP) is 4.11. The lowest BCUT2D eigenvalue weighted by Crippen LogP contribution is -2.43. The van der Waals surface area contributed by atoms with Crippen molar-refractivity contribution in [3.63, 3.8) is 0 Å². The van der Waals surface area contributed by atoms with Crippen molar-refractivity contribution in [3.05, 3.63) is 71.0 Å². The highest BCUT2D eigenvalue weighted by atomic mass is 32.2. The molecule has 7 heteroatoms. The van der Waals surface area contributed by atoms with Gasteiger partial charge in [-0.3, -0.25) is 9.69 Å². The van der Waals surface area contributed by atoms with E-state index in [0.29, 0.717) is 29.9 Å². The van der Waals surface area contributed by atoms with Crippen LogP contribution in [0.25, 0.3) is 0 Å². The zero-order valence-electron chi connectivity index (χ0n) is 16.2. The van der Waals surface area contributed by atoms with Gasteiger partial charge in [-0.25, -0.2) is 4.39 Å². The second-order valence-electron chi connectivity index (χ2n) is 7.12. The van der Waals surface area contributed by atoms with E-state index in [1.54, 1.807) is 12.1 Å². The second-order valence-corrected chi connectivity index (χ2v) is 9.85. The van der Waals surface area contributed by atoms with Crippen molar-refractivity contribution in [2.75, 3.05) is 44.4 Å². The Labute approximate surface area is 179 Å². The molecule has 2 saturated heterocycles. The van der Waals surface area contributed by atoms with Gasteiger partial charge in [0.05, 0.1) is 23.8 Å². The van der Waals surface area contributed by atoms with Gasteiger partial charge in [0.1, 0.15) is 5.82 Å². The fourth-order valence-electron chi connectivity index (χ4n) is 3.67. The molecule has 1 N–H and O–H groups in total. The minimum Gasteiger partial charge on any atom is -0.379 e. The van der Waals surface area contributed by atoms with Gasteiger partial charge in [-0.2, -0.15) is 0 Å². The fourth-order valence-corrected chi connectivity index (χ4v) is 6.53. The first-order chi connectivity index (χ1) is 14.2. The highest BCUT2D eigenvalue weighted by Crippen LogP contribution is 2.45. The van der Waals surface area contributed by atoms with Gasteiger partial charge in [-0.1, -0.05) is 24.3 Å². The Balaban J connectivity index is 1.42. The smallest absolute Gasteiger partial charge is 0.251 e. The molecule has 0 aliphatic carbocycles. The molecule has 0 radical (unpaired) electrons. The molecule has 4 rings (SSSR count). The topological polar surface area (TPSA) is 41.6 Å². The molecule has 2 aliphatic rings. The molecule has 2 aromatic carbocycles. The summed E-state index contributed by atoms with van der Waals surface area (Å²) >= 11 is 3.92. The van der Waals surface area contributed by atoms with Crippen molar-refractivity contribution in [1.82, 2.24) is 10.2 Å². The van der Waals surface area contributed by atoms with Crippen molar-refractivity contribution in [3.8, 4) is 0 Å². The summed E-state index contributed by atoms with van der Waals surface area (Å²) in [5.74, 6) is 2.04. The zero-order chi connectivity index (χ0) is 20.1. The first kappa shape index (κ1) is 20.7. The van der Waals surface area contributed by atoms with Crippen LogP contribution in [0.2, 0.25) is 0 Å². The third-order valence-corrected chi connectivity index (χ3v) is 8.37. The van der Waals surface area contributed by atoms with E-state index in [4.69, 9.17) is 4.74 Å². The third kappa shape index (κ3) is 5.34. The number of carbonyl (C=O) groups excluding carboxylic acids is 1. The van der Waals surface area contributed by atoms with E-state index in [0.717, 1.165) is 18.7 Å². The normalized spacial score (nSPS) is 19.2. The Bertz CT molecular complexity index is 805. The molecule has 4 nitrogen and oxygen atoms in total. The molecule has 2 fully saturated rings. The van der Waals surface area contributed by atoms with Crippen LogP contribution in [-0.2, 0) is 4.74 Å². The summed E-state index contributed by atoms with van der Waals surface area (Å²) in [6, 6.07) is 14.5. The van der Waals surface area contributed by atoms with Gasteiger partial charge in [-0.05, 0) is 35.4 Å². The van der Waals surface area contributed by atoms with Gasteiger partial charge in [0, 0.05) is 36.7 Å². The molecule has 1 atom stereocenters. The summed E-state index contributed by atoms with van der Waals surface area (Å²) < 4.78 is 19.3. The average molecular weight is 433 g/mol. The number of carbonyl (C=O) groups is 1. The summed E-state index contributed by atoms with van der Waals surface area (Å²) in [4.78, 5) is 15.0.